The standard InChI is InChI=1S/C15H19N3O3/c1-11(21-14-5-3-13(20-2)4-6-14)15(19)17-8-7-12-9-16-10-18-12/h3-6,9-11H,7-8H2,1-2H3,(H,16,18)(H,17,19). The van der Waals surface area contributed by atoms with Crippen molar-refractivity contribution in [1.29, 1.82) is 0 Å². The van der Waals surface area contributed by atoms with Gasteiger partial charge in [0, 0.05) is 24.9 Å². The van der Waals surface area contributed by atoms with Gasteiger partial charge in [0.2, 0.25) is 0 Å². The number of imidazole rings is 1. The molecule has 0 aliphatic heterocycles. The van der Waals surface area contributed by atoms with E-state index in [2.05, 4.69) is 15.3 Å². The van der Waals surface area contributed by atoms with E-state index in [4.69, 9.17) is 9.47 Å². The van der Waals surface area contributed by atoms with Crippen LogP contribution in [-0.2, 0) is 11.2 Å². The number of hydrogen-bond donors (Lipinski definition) is 2. The largest absolute Gasteiger partial charge is 0.497 e. The number of methoxy groups -OCH3 is 1. The molecular weight excluding hydrogens is 270 g/mol. The molecule has 0 saturated heterocycles. The number of nitrogens with one attached hydrogen (secondary N) is 2. The number of carbonyl (C=O) groups is 1. The highest BCUT2D eigenvalue weighted by Gasteiger charge is 2.14. The highest BCUT2D eigenvalue weighted by atomic mass is 16.5. The SMILES string of the molecule is COc1ccc(OC(C)C(=O)NCCc2cnc[nH]2)cc1. The van der Waals surface area contributed by atoms with E-state index in [9.17, 15) is 4.79 Å². The molecule has 1 heterocycles. The molecule has 0 saturated carbocycles. The van der Waals surface area contributed by atoms with Crippen molar-refractivity contribution < 1.29 is 14.3 Å². The fourth-order valence-corrected chi connectivity index (χ4v) is 1.80. The second-order valence-corrected chi connectivity index (χ2v) is 4.55. The lowest BCUT2D eigenvalue weighted by Crippen LogP contribution is -2.37. The summed E-state index contributed by atoms with van der Waals surface area (Å²) < 4.78 is 10.6. The molecular formula is C15H19N3O3. The van der Waals surface area contributed by atoms with Gasteiger partial charge in [0.15, 0.2) is 6.10 Å². The molecule has 0 radical (unpaired) electrons. The van der Waals surface area contributed by atoms with Gasteiger partial charge in [-0.2, -0.15) is 0 Å². The average molecular weight is 289 g/mol. The lowest BCUT2D eigenvalue weighted by molar-refractivity contribution is -0.127. The van der Waals surface area contributed by atoms with Crippen molar-refractivity contribution in [1.82, 2.24) is 15.3 Å². The van der Waals surface area contributed by atoms with E-state index in [0.29, 0.717) is 18.7 Å². The second kappa shape index (κ2) is 7.33. The van der Waals surface area contributed by atoms with Crippen molar-refractivity contribution in [2.75, 3.05) is 13.7 Å². The van der Waals surface area contributed by atoms with Gasteiger partial charge in [0.25, 0.3) is 5.91 Å². The molecule has 6 heteroatoms. The summed E-state index contributed by atoms with van der Waals surface area (Å²) in [5.74, 6) is 1.23. The van der Waals surface area contributed by atoms with E-state index < -0.39 is 6.10 Å². The third-order valence-corrected chi connectivity index (χ3v) is 2.99. The van der Waals surface area contributed by atoms with Gasteiger partial charge >= 0.3 is 0 Å². The number of ether oxygens (including phenoxy) is 2. The Labute approximate surface area is 123 Å². The van der Waals surface area contributed by atoms with Crippen molar-refractivity contribution in [2.24, 2.45) is 0 Å². The summed E-state index contributed by atoms with van der Waals surface area (Å²) in [6.45, 7) is 2.26. The highest BCUT2D eigenvalue weighted by molar-refractivity contribution is 5.80. The van der Waals surface area contributed by atoms with Crippen LogP contribution in [0, 0.1) is 0 Å². The first-order valence-corrected chi connectivity index (χ1v) is 6.74. The molecule has 0 aliphatic rings. The quantitative estimate of drug-likeness (QED) is 0.810. The number of nitrogens with zero attached hydrogens (tertiary/aromatic N) is 1. The van der Waals surface area contributed by atoms with E-state index in [1.807, 2.05) is 0 Å². The molecule has 1 atom stereocenters. The smallest absolute Gasteiger partial charge is 0.260 e. The Morgan fingerprint density at radius 1 is 1.33 bits per heavy atom. The minimum atomic E-state index is -0.555. The molecule has 2 N–H and O–H groups in total. The second-order valence-electron chi connectivity index (χ2n) is 4.55. The Hall–Kier alpha value is -2.50. The predicted octanol–water partition coefficient (Wildman–Crippen LogP) is 1.54. The summed E-state index contributed by atoms with van der Waals surface area (Å²) in [5.41, 5.74) is 0.985. The molecule has 0 fully saturated rings. The van der Waals surface area contributed by atoms with Crippen LogP contribution in [0.25, 0.3) is 0 Å². The van der Waals surface area contributed by atoms with Gasteiger partial charge in [0.05, 0.1) is 13.4 Å². The summed E-state index contributed by atoms with van der Waals surface area (Å²) in [6.07, 6.45) is 3.51. The van der Waals surface area contributed by atoms with Crippen molar-refractivity contribution >= 4 is 5.91 Å². The molecule has 2 aromatic rings. The summed E-state index contributed by atoms with van der Waals surface area (Å²) in [7, 11) is 1.60. The van der Waals surface area contributed by atoms with E-state index in [0.717, 1.165) is 11.4 Å². The van der Waals surface area contributed by atoms with Crippen LogP contribution >= 0.6 is 0 Å². The number of aromatic amines is 1. The number of rotatable bonds is 7. The van der Waals surface area contributed by atoms with Gasteiger partial charge in [-0.1, -0.05) is 0 Å². The number of amides is 1. The first-order valence-electron chi connectivity index (χ1n) is 6.74. The molecule has 6 nitrogen and oxygen atoms in total. The predicted molar refractivity (Wildman–Crippen MR) is 78.4 cm³/mol. The van der Waals surface area contributed by atoms with Crippen LogP contribution in [0.2, 0.25) is 0 Å². The Balaban J connectivity index is 1.76. The van der Waals surface area contributed by atoms with E-state index in [1.165, 1.54) is 0 Å². The maximum absolute atomic E-state index is 11.9. The molecule has 1 aromatic carbocycles. The maximum atomic E-state index is 11.9. The molecule has 1 aromatic heterocycles. The third-order valence-electron chi connectivity index (χ3n) is 2.99. The van der Waals surface area contributed by atoms with Gasteiger partial charge in [-0.15, -0.1) is 0 Å². The normalized spacial score (nSPS) is 11.7. The topological polar surface area (TPSA) is 76.2 Å². The van der Waals surface area contributed by atoms with Crippen LogP contribution in [0.15, 0.2) is 36.8 Å². The maximum Gasteiger partial charge on any atom is 0.260 e. The number of hydrogen-bond acceptors (Lipinski definition) is 4. The van der Waals surface area contributed by atoms with Gasteiger partial charge in [-0.25, -0.2) is 4.98 Å². The zero-order chi connectivity index (χ0) is 15.1. The van der Waals surface area contributed by atoms with Crippen molar-refractivity contribution in [3.8, 4) is 11.5 Å². The van der Waals surface area contributed by atoms with Crippen LogP contribution in [0.1, 0.15) is 12.6 Å². The lowest BCUT2D eigenvalue weighted by Gasteiger charge is -2.14. The minimum absolute atomic E-state index is 0.148. The number of H-pyrrole nitrogens is 1. The van der Waals surface area contributed by atoms with Crippen molar-refractivity contribution in [2.45, 2.75) is 19.4 Å². The Morgan fingerprint density at radius 3 is 2.67 bits per heavy atom. The Kier molecular flexibility index (Phi) is 5.20. The first kappa shape index (κ1) is 14.9. The summed E-state index contributed by atoms with van der Waals surface area (Å²) in [6, 6.07) is 7.12. The van der Waals surface area contributed by atoms with E-state index >= 15 is 0 Å². The number of carbonyl (C=O) groups excluding carboxylic acids is 1. The Morgan fingerprint density at radius 2 is 2.05 bits per heavy atom. The van der Waals surface area contributed by atoms with E-state index in [1.54, 1.807) is 50.8 Å². The first-order chi connectivity index (χ1) is 10.2. The molecule has 1 amide bonds. The van der Waals surface area contributed by atoms with Crippen molar-refractivity contribution in [3.63, 3.8) is 0 Å². The van der Waals surface area contributed by atoms with Crippen LogP contribution < -0.4 is 14.8 Å². The summed E-state index contributed by atoms with van der Waals surface area (Å²) >= 11 is 0. The van der Waals surface area contributed by atoms with Gasteiger partial charge in [-0.05, 0) is 31.2 Å². The van der Waals surface area contributed by atoms with Crippen LogP contribution in [0.3, 0.4) is 0 Å². The zero-order valence-electron chi connectivity index (χ0n) is 12.1. The van der Waals surface area contributed by atoms with Gasteiger partial charge < -0.3 is 19.8 Å². The Bertz CT molecular complexity index is 552. The summed E-state index contributed by atoms with van der Waals surface area (Å²) in [5, 5.41) is 2.83. The lowest BCUT2D eigenvalue weighted by atomic mass is 10.3. The van der Waals surface area contributed by atoms with Crippen molar-refractivity contribution in [3.05, 3.63) is 42.5 Å². The molecule has 1 unspecified atom stereocenters. The number of benzene rings is 1. The zero-order valence-corrected chi connectivity index (χ0v) is 12.1. The fraction of sp³-hybridized carbons (Fsp3) is 0.333. The average Bonchev–Trinajstić information content (AvgIpc) is 3.01. The monoisotopic (exact) mass is 289 g/mol. The van der Waals surface area contributed by atoms with Crippen LogP contribution in [0.4, 0.5) is 0 Å². The number of aromatic nitrogens is 2. The molecule has 2 rings (SSSR count). The third kappa shape index (κ3) is 4.52. The molecule has 112 valence electrons. The fourth-order valence-electron chi connectivity index (χ4n) is 1.80. The van der Waals surface area contributed by atoms with Gasteiger partial charge in [0.1, 0.15) is 11.5 Å². The summed E-state index contributed by atoms with van der Waals surface area (Å²) in [4.78, 5) is 18.8. The molecule has 0 bridgehead atoms. The molecule has 0 spiro atoms. The minimum Gasteiger partial charge on any atom is -0.497 e. The molecule has 0 aliphatic carbocycles. The van der Waals surface area contributed by atoms with E-state index in [-0.39, 0.29) is 5.91 Å². The van der Waals surface area contributed by atoms with Gasteiger partial charge in [-0.3, -0.25) is 4.79 Å². The molecule has 21 heavy (non-hydrogen) atoms. The van der Waals surface area contributed by atoms with Crippen LogP contribution in [-0.4, -0.2) is 35.6 Å². The highest BCUT2D eigenvalue weighted by Crippen LogP contribution is 2.18. The van der Waals surface area contributed by atoms with Crippen LogP contribution in [0.5, 0.6) is 11.5 Å².